The van der Waals surface area contributed by atoms with Crippen LogP contribution in [0.2, 0.25) is 0 Å². The van der Waals surface area contributed by atoms with E-state index >= 15 is 0 Å². The summed E-state index contributed by atoms with van der Waals surface area (Å²) in [5, 5.41) is 3.97. The molecular formula is C24H28N4O2. The van der Waals surface area contributed by atoms with Crippen molar-refractivity contribution in [3.8, 4) is 0 Å². The highest BCUT2D eigenvalue weighted by molar-refractivity contribution is 5.98. The number of carbonyl (C=O) groups excluding carboxylic acids is 1. The average Bonchev–Trinajstić information content (AvgIpc) is 2.71. The topological polar surface area (TPSA) is 67.4 Å². The number of aromatic nitrogens is 2. The van der Waals surface area contributed by atoms with E-state index in [4.69, 9.17) is 4.74 Å². The van der Waals surface area contributed by atoms with Gasteiger partial charge in [0.1, 0.15) is 5.82 Å². The molecule has 2 atom stereocenters. The quantitative estimate of drug-likeness (QED) is 0.717. The average molecular weight is 405 g/mol. The van der Waals surface area contributed by atoms with Crippen molar-refractivity contribution in [2.24, 2.45) is 0 Å². The summed E-state index contributed by atoms with van der Waals surface area (Å²) in [5.41, 5.74) is 4.35. The number of amides is 1. The number of hydrogen-bond donors (Lipinski definition) is 1. The molecule has 0 aliphatic carbocycles. The summed E-state index contributed by atoms with van der Waals surface area (Å²) in [6.07, 6.45) is 2.21. The molecule has 1 aliphatic rings. The molecule has 3 heterocycles. The number of fused-ring (bicyclic) bond motifs is 1. The molecule has 0 saturated carbocycles. The van der Waals surface area contributed by atoms with Crippen LogP contribution in [0.3, 0.4) is 0 Å². The number of aryl methyl sites for hydroxylation is 2. The Labute approximate surface area is 177 Å². The summed E-state index contributed by atoms with van der Waals surface area (Å²) in [4.78, 5) is 24.2. The molecule has 0 radical (unpaired) electrons. The van der Waals surface area contributed by atoms with Crippen molar-refractivity contribution in [2.45, 2.75) is 46.4 Å². The highest BCUT2D eigenvalue weighted by Crippen LogP contribution is 2.20. The van der Waals surface area contributed by atoms with Crippen LogP contribution in [0.4, 0.5) is 5.82 Å². The molecule has 3 aromatic rings. The first kappa shape index (κ1) is 20.3. The molecule has 0 bridgehead atoms. The van der Waals surface area contributed by atoms with Crippen molar-refractivity contribution < 1.29 is 9.53 Å². The molecular weight excluding hydrogens is 376 g/mol. The second kappa shape index (κ2) is 8.40. The van der Waals surface area contributed by atoms with Crippen LogP contribution < -0.4 is 10.2 Å². The number of anilines is 1. The molecule has 30 heavy (non-hydrogen) atoms. The Balaban J connectivity index is 1.43. The predicted octanol–water partition coefficient (Wildman–Crippen LogP) is 3.79. The van der Waals surface area contributed by atoms with E-state index in [1.165, 1.54) is 0 Å². The van der Waals surface area contributed by atoms with Gasteiger partial charge in [0.2, 0.25) is 0 Å². The number of carbonyl (C=O) groups is 1. The Bertz CT molecular complexity index is 1050. The predicted molar refractivity (Wildman–Crippen MR) is 119 cm³/mol. The lowest BCUT2D eigenvalue weighted by molar-refractivity contribution is -0.00546. The fourth-order valence-electron chi connectivity index (χ4n) is 3.97. The monoisotopic (exact) mass is 404 g/mol. The molecule has 156 valence electrons. The van der Waals surface area contributed by atoms with Crippen LogP contribution in [0.25, 0.3) is 10.9 Å². The molecule has 0 spiro atoms. The molecule has 1 fully saturated rings. The van der Waals surface area contributed by atoms with Gasteiger partial charge < -0.3 is 15.0 Å². The van der Waals surface area contributed by atoms with Crippen LogP contribution in [-0.2, 0) is 11.3 Å². The Morgan fingerprint density at radius 1 is 1.13 bits per heavy atom. The number of morpholine rings is 1. The van der Waals surface area contributed by atoms with E-state index in [-0.39, 0.29) is 18.1 Å². The third-order valence-corrected chi connectivity index (χ3v) is 5.41. The third kappa shape index (κ3) is 4.44. The van der Waals surface area contributed by atoms with Crippen molar-refractivity contribution in [1.82, 2.24) is 15.3 Å². The second-order valence-electron chi connectivity index (χ2n) is 8.19. The molecule has 1 saturated heterocycles. The van der Waals surface area contributed by atoms with Gasteiger partial charge >= 0.3 is 0 Å². The number of rotatable bonds is 4. The minimum absolute atomic E-state index is 0.122. The highest BCUT2D eigenvalue weighted by atomic mass is 16.5. The largest absolute Gasteiger partial charge is 0.372 e. The zero-order valence-corrected chi connectivity index (χ0v) is 18.0. The number of hydrogen-bond acceptors (Lipinski definition) is 5. The molecule has 0 unspecified atom stereocenters. The van der Waals surface area contributed by atoms with Crippen LogP contribution >= 0.6 is 0 Å². The third-order valence-electron chi connectivity index (χ3n) is 5.41. The lowest BCUT2D eigenvalue weighted by atomic mass is 10.1. The van der Waals surface area contributed by atoms with Crippen LogP contribution in [-0.4, -0.2) is 41.2 Å². The van der Waals surface area contributed by atoms with Crippen LogP contribution in [0.15, 0.2) is 42.6 Å². The smallest absolute Gasteiger partial charge is 0.253 e. The van der Waals surface area contributed by atoms with Crippen molar-refractivity contribution in [3.63, 3.8) is 0 Å². The van der Waals surface area contributed by atoms with Crippen LogP contribution in [0.5, 0.6) is 0 Å². The van der Waals surface area contributed by atoms with Crippen molar-refractivity contribution >= 4 is 22.6 Å². The first-order valence-corrected chi connectivity index (χ1v) is 10.4. The summed E-state index contributed by atoms with van der Waals surface area (Å²) < 4.78 is 5.79. The molecule has 1 amide bonds. The number of pyridine rings is 2. The fourth-order valence-corrected chi connectivity index (χ4v) is 3.97. The first-order valence-electron chi connectivity index (χ1n) is 10.4. The highest BCUT2D eigenvalue weighted by Gasteiger charge is 2.23. The SMILES string of the molecule is Cc1ccc2nc(C)c(C(=O)NCc3ccc(N4C[C@H](C)O[C@@H](C)C4)nc3)cc2c1. The van der Waals surface area contributed by atoms with Crippen molar-refractivity contribution in [2.75, 3.05) is 18.0 Å². The minimum atomic E-state index is -0.122. The Morgan fingerprint density at radius 3 is 2.60 bits per heavy atom. The summed E-state index contributed by atoms with van der Waals surface area (Å²) in [6.45, 7) is 10.2. The summed E-state index contributed by atoms with van der Waals surface area (Å²) in [7, 11) is 0. The van der Waals surface area contributed by atoms with E-state index < -0.39 is 0 Å². The maximum absolute atomic E-state index is 12.8. The van der Waals surface area contributed by atoms with Gasteiger partial charge in [0.25, 0.3) is 5.91 Å². The van der Waals surface area contributed by atoms with E-state index in [1.807, 2.05) is 50.4 Å². The van der Waals surface area contributed by atoms with Gasteiger partial charge in [-0.05, 0) is 57.5 Å². The van der Waals surface area contributed by atoms with Crippen LogP contribution in [0.1, 0.15) is 41.0 Å². The Hall–Kier alpha value is -2.99. The second-order valence-corrected chi connectivity index (χ2v) is 8.19. The van der Waals surface area contributed by atoms with Crippen LogP contribution in [0, 0.1) is 13.8 Å². The van der Waals surface area contributed by atoms with E-state index in [9.17, 15) is 4.79 Å². The van der Waals surface area contributed by atoms with Gasteiger partial charge in [0, 0.05) is 31.2 Å². The molecule has 4 rings (SSSR count). The van der Waals surface area contributed by atoms with Gasteiger partial charge in [-0.3, -0.25) is 9.78 Å². The van der Waals surface area contributed by atoms with Crippen molar-refractivity contribution in [1.29, 1.82) is 0 Å². The van der Waals surface area contributed by atoms with E-state index in [1.54, 1.807) is 0 Å². The maximum atomic E-state index is 12.8. The van der Waals surface area contributed by atoms with Gasteiger partial charge in [-0.15, -0.1) is 0 Å². The molecule has 1 aliphatic heterocycles. The van der Waals surface area contributed by atoms with E-state index in [0.717, 1.165) is 46.6 Å². The van der Waals surface area contributed by atoms with Gasteiger partial charge in [0.05, 0.1) is 29.0 Å². The van der Waals surface area contributed by atoms with Gasteiger partial charge in [-0.25, -0.2) is 4.98 Å². The molecule has 2 aromatic heterocycles. The van der Waals surface area contributed by atoms with E-state index in [0.29, 0.717) is 12.1 Å². The zero-order valence-electron chi connectivity index (χ0n) is 18.0. The Morgan fingerprint density at radius 2 is 1.90 bits per heavy atom. The number of nitrogens with one attached hydrogen (secondary N) is 1. The van der Waals surface area contributed by atoms with Gasteiger partial charge in [-0.1, -0.05) is 17.7 Å². The summed E-state index contributed by atoms with van der Waals surface area (Å²) in [6, 6.07) is 12.0. The van der Waals surface area contributed by atoms with Gasteiger partial charge in [0.15, 0.2) is 0 Å². The summed E-state index contributed by atoms with van der Waals surface area (Å²) in [5.74, 6) is 0.820. The fraction of sp³-hybridized carbons (Fsp3) is 0.375. The number of benzene rings is 1. The lowest BCUT2D eigenvalue weighted by Gasteiger charge is -2.36. The van der Waals surface area contributed by atoms with E-state index in [2.05, 4.69) is 40.1 Å². The first-order chi connectivity index (χ1) is 14.4. The number of ether oxygens (including phenoxy) is 1. The minimum Gasteiger partial charge on any atom is -0.372 e. The van der Waals surface area contributed by atoms with Gasteiger partial charge in [-0.2, -0.15) is 0 Å². The Kier molecular flexibility index (Phi) is 5.68. The molecule has 6 heteroatoms. The molecule has 1 N–H and O–H groups in total. The molecule has 1 aromatic carbocycles. The summed E-state index contributed by atoms with van der Waals surface area (Å²) >= 11 is 0. The number of nitrogens with zero attached hydrogens (tertiary/aromatic N) is 3. The molecule has 6 nitrogen and oxygen atoms in total. The zero-order chi connectivity index (χ0) is 21.3. The normalized spacial score (nSPS) is 19.1. The maximum Gasteiger partial charge on any atom is 0.253 e. The standard InChI is InChI=1S/C24H28N4O2/c1-15-5-7-22-20(9-15)10-21(18(4)27-22)24(29)26-12-19-6-8-23(25-11-19)28-13-16(2)30-17(3)14-28/h5-11,16-17H,12-14H2,1-4H3,(H,26,29)/t16-,17-/m0/s1. The van der Waals surface area contributed by atoms with Crippen molar-refractivity contribution in [3.05, 3.63) is 65.0 Å². The lowest BCUT2D eigenvalue weighted by Crippen LogP contribution is -2.45.